The number of benzene rings is 1. The van der Waals surface area contributed by atoms with Crippen LogP contribution in [0.3, 0.4) is 0 Å². The first-order valence-corrected chi connectivity index (χ1v) is 6.71. The predicted molar refractivity (Wildman–Crippen MR) is 73.5 cm³/mol. The second-order valence-electron chi connectivity index (χ2n) is 4.79. The van der Waals surface area contributed by atoms with Crippen molar-refractivity contribution < 1.29 is 9.31 Å². The summed E-state index contributed by atoms with van der Waals surface area (Å²) in [6.45, 7) is 4.52. The summed E-state index contributed by atoms with van der Waals surface area (Å²) in [5, 5.41) is 13.8. The molecule has 0 radical (unpaired) electrons. The molecule has 0 aliphatic rings. The first-order chi connectivity index (χ1) is 9.06. The van der Waals surface area contributed by atoms with Gasteiger partial charge in [-0.05, 0) is 13.3 Å². The number of unbranched alkanes of at least 4 members (excludes halogenated alkanes) is 2. The Kier molecular flexibility index (Phi) is 6.42. The number of nitrogens with zero attached hydrogens (tertiary/aromatic N) is 1. The van der Waals surface area contributed by atoms with Gasteiger partial charge >= 0.3 is 5.69 Å². The molecule has 1 N–H and O–H groups in total. The van der Waals surface area contributed by atoms with Crippen LogP contribution in [0.4, 0.5) is 10.1 Å². The van der Waals surface area contributed by atoms with Crippen molar-refractivity contribution >= 4 is 5.69 Å². The van der Waals surface area contributed by atoms with Gasteiger partial charge in [0.25, 0.3) is 0 Å². The fraction of sp³-hybridized carbons (Fsp3) is 0.571. The Balaban J connectivity index is 2.53. The van der Waals surface area contributed by atoms with Crippen molar-refractivity contribution in [3.8, 4) is 0 Å². The molecule has 0 bridgehead atoms. The van der Waals surface area contributed by atoms with E-state index in [4.69, 9.17) is 0 Å². The average molecular weight is 268 g/mol. The molecule has 0 fully saturated rings. The molecule has 19 heavy (non-hydrogen) atoms. The van der Waals surface area contributed by atoms with Gasteiger partial charge in [0.05, 0.1) is 4.92 Å². The summed E-state index contributed by atoms with van der Waals surface area (Å²) in [5.41, 5.74) is -0.116. The number of halogens is 1. The Morgan fingerprint density at radius 1 is 1.42 bits per heavy atom. The first-order valence-electron chi connectivity index (χ1n) is 6.71. The highest BCUT2D eigenvalue weighted by atomic mass is 19.1. The standard InChI is InChI=1S/C14H21FN2O2/c1-3-4-5-7-11(2)16-10-12-8-6-9-13(14(12)15)17(18)19/h6,8-9,11,16H,3-5,7,10H2,1-2H3. The third kappa shape index (κ3) is 4.95. The van der Waals surface area contributed by atoms with Crippen molar-refractivity contribution in [3.63, 3.8) is 0 Å². The number of nitrogens with one attached hydrogen (secondary N) is 1. The van der Waals surface area contributed by atoms with E-state index in [2.05, 4.69) is 12.2 Å². The van der Waals surface area contributed by atoms with Crippen LogP contribution in [0.15, 0.2) is 18.2 Å². The molecule has 4 nitrogen and oxygen atoms in total. The fourth-order valence-corrected chi connectivity index (χ4v) is 1.93. The summed E-state index contributed by atoms with van der Waals surface area (Å²) in [7, 11) is 0. The topological polar surface area (TPSA) is 55.2 Å². The zero-order valence-electron chi connectivity index (χ0n) is 11.5. The largest absolute Gasteiger partial charge is 0.310 e. The third-order valence-electron chi connectivity index (χ3n) is 3.14. The molecular formula is C14H21FN2O2. The van der Waals surface area contributed by atoms with Crippen molar-refractivity contribution in [1.82, 2.24) is 5.32 Å². The fourth-order valence-electron chi connectivity index (χ4n) is 1.93. The van der Waals surface area contributed by atoms with E-state index in [-0.39, 0.29) is 6.04 Å². The van der Waals surface area contributed by atoms with E-state index in [0.29, 0.717) is 12.1 Å². The van der Waals surface area contributed by atoms with E-state index < -0.39 is 16.4 Å². The Morgan fingerprint density at radius 2 is 2.16 bits per heavy atom. The minimum absolute atomic E-state index is 0.283. The summed E-state index contributed by atoms with van der Waals surface area (Å²) in [6, 6.07) is 4.56. The van der Waals surface area contributed by atoms with Crippen molar-refractivity contribution in [2.75, 3.05) is 0 Å². The van der Waals surface area contributed by atoms with Crippen molar-refractivity contribution in [2.24, 2.45) is 0 Å². The van der Waals surface area contributed by atoms with Crippen molar-refractivity contribution in [2.45, 2.75) is 52.1 Å². The van der Waals surface area contributed by atoms with Crippen LogP contribution in [0.5, 0.6) is 0 Å². The molecule has 1 aromatic rings. The Hall–Kier alpha value is -1.49. The Labute approximate surface area is 113 Å². The molecule has 0 heterocycles. The van der Waals surface area contributed by atoms with E-state index in [0.717, 1.165) is 12.8 Å². The minimum Gasteiger partial charge on any atom is -0.310 e. The van der Waals surface area contributed by atoms with Gasteiger partial charge in [-0.3, -0.25) is 10.1 Å². The maximum absolute atomic E-state index is 13.8. The molecule has 0 spiro atoms. The lowest BCUT2D eigenvalue weighted by molar-refractivity contribution is -0.387. The van der Waals surface area contributed by atoms with Gasteiger partial charge in [-0.1, -0.05) is 38.3 Å². The van der Waals surface area contributed by atoms with E-state index in [9.17, 15) is 14.5 Å². The molecule has 0 saturated heterocycles. The molecule has 106 valence electrons. The van der Waals surface area contributed by atoms with Crippen LogP contribution in [0, 0.1) is 15.9 Å². The van der Waals surface area contributed by atoms with Gasteiger partial charge in [-0.2, -0.15) is 4.39 Å². The zero-order chi connectivity index (χ0) is 14.3. The van der Waals surface area contributed by atoms with Gasteiger partial charge in [0, 0.05) is 24.2 Å². The molecular weight excluding hydrogens is 247 g/mol. The van der Waals surface area contributed by atoms with E-state index in [1.807, 2.05) is 6.92 Å². The number of hydrogen-bond donors (Lipinski definition) is 1. The van der Waals surface area contributed by atoms with Crippen LogP contribution in [-0.2, 0) is 6.54 Å². The molecule has 0 aromatic heterocycles. The third-order valence-corrected chi connectivity index (χ3v) is 3.14. The van der Waals surface area contributed by atoms with Gasteiger partial charge in [0.15, 0.2) is 0 Å². The summed E-state index contributed by atoms with van der Waals surface area (Å²) in [6.07, 6.45) is 4.54. The van der Waals surface area contributed by atoms with Gasteiger partial charge in [-0.25, -0.2) is 0 Å². The van der Waals surface area contributed by atoms with E-state index in [1.54, 1.807) is 6.07 Å². The maximum atomic E-state index is 13.8. The van der Waals surface area contributed by atoms with Gasteiger partial charge in [0.1, 0.15) is 0 Å². The van der Waals surface area contributed by atoms with Gasteiger partial charge in [0.2, 0.25) is 5.82 Å². The highest BCUT2D eigenvalue weighted by Gasteiger charge is 2.17. The molecule has 1 unspecified atom stereocenters. The molecule has 0 amide bonds. The lowest BCUT2D eigenvalue weighted by Gasteiger charge is -2.13. The van der Waals surface area contributed by atoms with Gasteiger partial charge in [-0.15, -0.1) is 0 Å². The highest BCUT2D eigenvalue weighted by molar-refractivity contribution is 5.36. The second-order valence-corrected chi connectivity index (χ2v) is 4.79. The van der Waals surface area contributed by atoms with Crippen molar-refractivity contribution in [1.29, 1.82) is 0 Å². The Morgan fingerprint density at radius 3 is 2.79 bits per heavy atom. The quantitative estimate of drug-likeness (QED) is 0.443. The van der Waals surface area contributed by atoms with Crippen LogP contribution < -0.4 is 5.32 Å². The monoisotopic (exact) mass is 268 g/mol. The average Bonchev–Trinajstić information content (AvgIpc) is 2.37. The molecule has 1 aromatic carbocycles. The summed E-state index contributed by atoms with van der Waals surface area (Å²) >= 11 is 0. The lowest BCUT2D eigenvalue weighted by atomic mass is 10.1. The minimum atomic E-state index is -0.735. The molecule has 5 heteroatoms. The molecule has 0 aliphatic heterocycles. The van der Waals surface area contributed by atoms with Crippen LogP contribution in [-0.4, -0.2) is 11.0 Å². The highest BCUT2D eigenvalue weighted by Crippen LogP contribution is 2.20. The summed E-state index contributed by atoms with van der Waals surface area (Å²) < 4.78 is 13.8. The van der Waals surface area contributed by atoms with E-state index >= 15 is 0 Å². The van der Waals surface area contributed by atoms with Crippen LogP contribution >= 0.6 is 0 Å². The smallest absolute Gasteiger partial charge is 0.305 e. The van der Waals surface area contributed by atoms with Crippen LogP contribution in [0.25, 0.3) is 0 Å². The lowest BCUT2D eigenvalue weighted by Crippen LogP contribution is -2.25. The first kappa shape index (κ1) is 15.6. The molecule has 0 saturated carbocycles. The number of rotatable bonds is 8. The van der Waals surface area contributed by atoms with Crippen molar-refractivity contribution in [3.05, 3.63) is 39.7 Å². The van der Waals surface area contributed by atoms with Crippen LogP contribution in [0.2, 0.25) is 0 Å². The molecule has 1 atom stereocenters. The van der Waals surface area contributed by atoms with E-state index in [1.165, 1.54) is 25.0 Å². The molecule has 1 rings (SSSR count). The van der Waals surface area contributed by atoms with Crippen LogP contribution in [0.1, 0.15) is 45.1 Å². The Bertz CT molecular complexity index is 424. The number of nitro groups is 1. The number of nitro benzene ring substituents is 1. The zero-order valence-corrected chi connectivity index (χ0v) is 11.5. The maximum Gasteiger partial charge on any atom is 0.305 e. The predicted octanol–water partition coefficient (Wildman–Crippen LogP) is 3.79. The number of hydrogen-bond acceptors (Lipinski definition) is 3. The summed E-state index contributed by atoms with van der Waals surface area (Å²) in [4.78, 5) is 9.94. The summed E-state index contributed by atoms with van der Waals surface area (Å²) in [5.74, 6) is -0.735. The second kappa shape index (κ2) is 7.84. The SMILES string of the molecule is CCCCCC(C)NCc1cccc([N+](=O)[O-])c1F. The molecule has 0 aliphatic carbocycles. The van der Waals surface area contributed by atoms with Gasteiger partial charge < -0.3 is 5.32 Å². The normalized spacial score (nSPS) is 12.4.